The highest BCUT2D eigenvalue weighted by molar-refractivity contribution is 5.72. The Morgan fingerprint density at radius 2 is 2.29 bits per heavy atom. The number of hydrogen-bond acceptors (Lipinski definition) is 3. The van der Waals surface area contributed by atoms with Crippen LogP contribution in [0.3, 0.4) is 0 Å². The Hall–Kier alpha value is -1.55. The number of ether oxygens (including phenoxy) is 1. The molecule has 2 atom stereocenters. The molecule has 0 spiro atoms. The summed E-state index contributed by atoms with van der Waals surface area (Å²) in [7, 11) is 1.72. The summed E-state index contributed by atoms with van der Waals surface area (Å²) in [6.45, 7) is 4.68. The van der Waals surface area contributed by atoms with Gasteiger partial charge in [-0.15, -0.1) is 0 Å². The van der Waals surface area contributed by atoms with Crippen LogP contribution in [-0.2, 0) is 11.2 Å². The topological polar surface area (TPSA) is 41.6 Å². The fourth-order valence-corrected chi connectivity index (χ4v) is 3.67. The highest BCUT2D eigenvalue weighted by Crippen LogP contribution is 2.39. The maximum atomic E-state index is 11.1. The molecule has 0 saturated carbocycles. The quantitative estimate of drug-likeness (QED) is 0.926. The summed E-state index contributed by atoms with van der Waals surface area (Å²) in [5.74, 6) is 1.61. The zero-order chi connectivity index (χ0) is 14.8. The average molecular weight is 288 g/mol. The minimum Gasteiger partial charge on any atom is -0.497 e. The normalized spacial score (nSPS) is 24.9. The molecule has 0 aromatic heterocycles. The van der Waals surface area contributed by atoms with Crippen LogP contribution in [-0.4, -0.2) is 37.6 Å². The summed E-state index contributed by atoms with van der Waals surface area (Å²) in [5.41, 5.74) is 2.88. The molecule has 1 aromatic rings. The molecule has 1 N–H and O–H groups in total. The highest BCUT2D eigenvalue weighted by atomic mass is 16.5. The molecule has 21 heavy (non-hydrogen) atoms. The first kappa shape index (κ1) is 14.4. The van der Waals surface area contributed by atoms with E-state index in [0.29, 0.717) is 12.0 Å². The molecule has 4 heteroatoms. The van der Waals surface area contributed by atoms with Crippen molar-refractivity contribution in [1.82, 2.24) is 10.2 Å². The smallest absolute Gasteiger partial charge is 0.216 e. The van der Waals surface area contributed by atoms with E-state index >= 15 is 0 Å². The van der Waals surface area contributed by atoms with Crippen molar-refractivity contribution < 1.29 is 9.53 Å². The molecule has 2 aliphatic heterocycles. The number of piperidine rings is 1. The van der Waals surface area contributed by atoms with E-state index in [4.69, 9.17) is 4.74 Å². The lowest BCUT2D eigenvalue weighted by Crippen LogP contribution is -2.43. The molecular weight excluding hydrogens is 264 g/mol. The SMILES string of the molecule is COc1ccc2c(c1)CCN1CCC(CNC(C)=O)CC21. The van der Waals surface area contributed by atoms with Gasteiger partial charge >= 0.3 is 0 Å². The molecule has 1 aromatic carbocycles. The third kappa shape index (κ3) is 3.05. The third-order valence-corrected chi connectivity index (χ3v) is 4.84. The van der Waals surface area contributed by atoms with Gasteiger partial charge in [0.2, 0.25) is 5.91 Å². The molecule has 2 aliphatic rings. The fraction of sp³-hybridized carbons (Fsp3) is 0.588. The number of rotatable bonds is 3. The van der Waals surface area contributed by atoms with Crippen LogP contribution in [0.1, 0.15) is 36.9 Å². The van der Waals surface area contributed by atoms with Gasteiger partial charge in [0.15, 0.2) is 0 Å². The van der Waals surface area contributed by atoms with E-state index in [1.54, 1.807) is 14.0 Å². The molecule has 114 valence electrons. The van der Waals surface area contributed by atoms with Crippen molar-refractivity contribution in [2.45, 2.75) is 32.2 Å². The van der Waals surface area contributed by atoms with Gasteiger partial charge in [-0.1, -0.05) is 6.07 Å². The Morgan fingerprint density at radius 1 is 1.43 bits per heavy atom. The Morgan fingerprint density at radius 3 is 3.05 bits per heavy atom. The molecule has 2 unspecified atom stereocenters. The average Bonchev–Trinajstić information content (AvgIpc) is 2.51. The predicted molar refractivity (Wildman–Crippen MR) is 82.4 cm³/mol. The van der Waals surface area contributed by atoms with E-state index in [1.165, 1.54) is 17.5 Å². The summed E-state index contributed by atoms with van der Waals surface area (Å²) in [6, 6.07) is 6.99. The number of methoxy groups -OCH3 is 1. The molecule has 1 saturated heterocycles. The van der Waals surface area contributed by atoms with Crippen LogP contribution in [0.4, 0.5) is 0 Å². The van der Waals surface area contributed by atoms with Gasteiger partial charge in [0.05, 0.1) is 7.11 Å². The van der Waals surface area contributed by atoms with Crippen LogP contribution in [0.25, 0.3) is 0 Å². The predicted octanol–water partition coefficient (Wildman–Crippen LogP) is 2.14. The van der Waals surface area contributed by atoms with Crippen molar-refractivity contribution in [3.8, 4) is 5.75 Å². The zero-order valence-corrected chi connectivity index (χ0v) is 12.9. The second-order valence-electron chi connectivity index (χ2n) is 6.19. The monoisotopic (exact) mass is 288 g/mol. The first-order valence-corrected chi connectivity index (χ1v) is 7.82. The Bertz CT molecular complexity index is 530. The molecule has 0 bridgehead atoms. The maximum absolute atomic E-state index is 11.1. The van der Waals surface area contributed by atoms with E-state index < -0.39 is 0 Å². The Balaban J connectivity index is 1.75. The van der Waals surface area contributed by atoms with Crippen molar-refractivity contribution in [3.63, 3.8) is 0 Å². The van der Waals surface area contributed by atoms with Crippen molar-refractivity contribution in [2.24, 2.45) is 5.92 Å². The number of nitrogens with one attached hydrogen (secondary N) is 1. The van der Waals surface area contributed by atoms with Crippen LogP contribution in [0, 0.1) is 5.92 Å². The highest BCUT2D eigenvalue weighted by Gasteiger charge is 2.33. The van der Waals surface area contributed by atoms with E-state index in [1.807, 2.05) is 0 Å². The first-order chi connectivity index (χ1) is 10.2. The molecular formula is C17H24N2O2. The van der Waals surface area contributed by atoms with E-state index in [2.05, 4.69) is 28.4 Å². The van der Waals surface area contributed by atoms with Gasteiger partial charge in [-0.25, -0.2) is 0 Å². The minimum absolute atomic E-state index is 0.0752. The minimum atomic E-state index is 0.0752. The lowest BCUT2D eigenvalue weighted by Gasteiger charge is -2.43. The van der Waals surface area contributed by atoms with Gasteiger partial charge in [-0.2, -0.15) is 0 Å². The van der Waals surface area contributed by atoms with Gasteiger partial charge < -0.3 is 10.1 Å². The zero-order valence-electron chi connectivity index (χ0n) is 12.9. The van der Waals surface area contributed by atoms with E-state index in [-0.39, 0.29) is 5.91 Å². The molecule has 2 heterocycles. The van der Waals surface area contributed by atoms with Crippen LogP contribution < -0.4 is 10.1 Å². The van der Waals surface area contributed by atoms with Gasteiger partial charge in [0.25, 0.3) is 0 Å². The molecule has 4 nitrogen and oxygen atoms in total. The van der Waals surface area contributed by atoms with Crippen LogP contribution in [0.5, 0.6) is 5.75 Å². The number of amides is 1. The van der Waals surface area contributed by atoms with Crippen LogP contribution >= 0.6 is 0 Å². The number of nitrogens with zero attached hydrogens (tertiary/aromatic N) is 1. The number of benzene rings is 1. The molecule has 0 radical (unpaired) electrons. The van der Waals surface area contributed by atoms with Crippen molar-refractivity contribution in [2.75, 3.05) is 26.7 Å². The fourth-order valence-electron chi connectivity index (χ4n) is 3.67. The summed E-state index contributed by atoms with van der Waals surface area (Å²) < 4.78 is 5.34. The number of fused-ring (bicyclic) bond motifs is 3. The summed E-state index contributed by atoms with van der Waals surface area (Å²) in [4.78, 5) is 13.7. The number of hydrogen-bond donors (Lipinski definition) is 1. The molecule has 3 rings (SSSR count). The van der Waals surface area contributed by atoms with Crippen LogP contribution in [0.15, 0.2) is 18.2 Å². The second kappa shape index (κ2) is 6.06. The summed E-state index contributed by atoms with van der Waals surface area (Å²) in [6.07, 6.45) is 3.43. The first-order valence-electron chi connectivity index (χ1n) is 7.82. The standard InChI is InChI=1S/C17H24N2O2/c1-12(20)18-11-13-5-7-19-8-6-14-10-15(21-2)3-4-16(14)17(19)9-13/h3-4,10,13,17H,5-9,11H2,1-2H3,(H,18,20). The van der Waals surface area contributed by atoms with Gasteiger partial charge in [0, 0.05) is 26.1 Å². The maximum Gasteiger partial charge on any atom is 0.216 e. The summed E-state index contributed by atoms with van der Waals surface area (Å²) >= 11 is 0. The van der Waals surface area contributed by atoms with E-state index in [9.17, 15) is 4.79 Å². The Kier molecular flexibility index (Phi) is 4.15. The number of carbonyl (C=O) groups excluding carboxylic acids is 1. The lowest BCUT2D eigenvalue weighted by atomic mass is 9.82. The van der Waals surface area contributed by atoms with Gasteiger partial charge in [-0.05, 0) is 55.0 Å². The molecule has 1 amide bonds. The van der Waals surface area contributed by atoms with Gasteiger partial charge in [0.1, 0.15) is 5.75 Å². The van der Waals surface area contributed by atoms with Crippen LogP contribution in [0.2, 0.25) is 0 Å². The van der Waals surface area contributed by atoms with E-state index in [0.717, 1.165) is 38.2 Å². The largest absolute Gasteiger partial charge is 0.497 e. The molecule has 0 aliphatic carbocycles. The van der Waals surface area contributed by atoms with Crippen molar-refractivity contribution in [1.29, 1.82) is 0 Å². The third-order valence-electron chi connectivity index (χ3n) is 4.84. The van der Waals surface area contributed by atoms with Gasteiger partial charge in [-0.3, -0.25) is 9.69 Å². The Labute approximate surface area is 126 Å². The second-order valence-corrected chi connectivity index (χ2v) is 6.19. The number of carbonyl (C=O) groups is 1. The lowest BCUT2D eigenvalue weighted by molar-refractivity contribution is -0.119. The van der Waals surface area contributed by atoms with Crippen molar-refractivity contribution >= 4 is 5.91 Å². The van der Waals surface area contributed by atoms with Crippen molar-refractivity contribution in [3.05, 3.63) is 29.3 Å². The summed E-state index contributed by atoms with van der Waals surface area (Å²) in [5, 5.41) is 2.98. The molecule has 1 fully saturated rings.